The summed E-state index contributed by atoms with van der Waals surface area (Å²) >= 11 is 7.78. The summed E-state index contributed by atoms with van der Waals surface area (Å²) in [5, 5.41) is 4.42. The Kier molecular flexibility index (Phi) is 4.33. The summed E-state index contributed by atoms with van der Waals surface area (Å²) in [7, 11) is 0. The van der Waals surface area contributed by atoms with Crippen molar-refractivity contribution in [3.05, 3.63) is 17.2 Å². The smallest absolute Gasteiger partial charge is 0.129 e. The molecule has 1 aromatic heterocycles. The van der Waals surface area contributed by atoms with Crippen molar-refractivity contribution in [3.8, 4) is 0 Å². The van der Waals surface area contributed by atoms with Crippen LogP contribution in [-0.4, -0.2) is 33.9 Å². The Morgan fingerprint density at radius 3 is 2.95 bits per heavy atom. The normalized spacial score (nSPS) is 23.2. The fourth-order valence-electron chi connectivity index (χ4n) is 3.05. The van der Waals surface area contributed by atoms with Crippen molar-refractivity contribution in [1.82, 2.24) is 14.1 Å². The highest BCUT2D eigenvalue weighted by Gasteiger charge is 2.32. The Balaban J connectivity index is 2.08. The predicted octanol–water partition coefficient (Wildman–Crippen LogP) is 3.56. The van der Waals surface area contributed by atoms with Gasteiger partial charge in [0, 0.05) is 25.2 Å². The number of nitrogens with one attached hydrogen (secondary N) is 1. The first-order valence-electron chi connectivity index (χ1n) is 7.52. The fraction of sp³-hybridized carbons (Fsp3) is 0.600. The van der Waals surface area contributed by atoms with E-state index in [1.807, 2.05) is 12.1 Å². The van der Waals surface area contributed by atoms with Gasteiger partial charge in [0.25, 0.3) is 0 Å². The molecule has 0 bridgehead atoms. The van der Waals surface area contributed by atoms with Crippen molar-refractivity contribution in [2.45, 2.75) is 39.3 Å². The van der Waals surface area contributed by atoms with Gasteiger partial charge in [-0.1, -0.05) is 32.4 Å². The molecular weight excluding hydrogens is 304 g/mol. The van der Waals surface area contributed by atoms with Crippen molar-refractivity contribution >= 4 is 40.0 Å². The molecule has 2 unspecified atom stereocenters. The summed E-state index contributed by atoms with van der Waals surface area (Å²) in [6.45, 7) is 8.70. The van der Waals surface area contributed by atoms with Gasteiger partial charge in [-0.05, 0) is 24.5 Å². The van der Waals surface area contributed by atoms with Crippen molar-refractivity contribution in [3.63, 3.8) is 0 Å². The zero-order chi connectivity index (χ0) is 15.0. The number of hydrogen-bond acceptors (Lipinski definition) is 5. The third kappa shape index (κ3) is 2.74. The zero-order valence-electron chi connectivity index (χ0n) is 12.6. The van der Waals surface area contributed by atoms with Crippen molar-refractivity contribution in [2.24, 2.45) is 5.92 Å². The maximum atomic E-state index is 6.53. The summed E-state index contributed by atoms with van der Waals surface area (Å²) in [6.07, 6.45) is 1.12. The molecule has 0 amide bonds. The van der Waals surface area contributed by atoms with E-state index in [0.29, 0.717) is 18.0 Å². The second kappa shape index (κ2) is 6.07. The molecule has 1 N–H and O–H groups in total. The molecule has 3 rings (SSSR count). The van der Waals surface area contributed by atoms with Crippen LogP contribution >= 0.6 is 23.3 Å². The summed E-state index contributed by atoms with van der Waals surface area (Å²) in [6, 6.07) is 4.82. The molecule has 6 heteroatoms. The summed E-state index contributed by atoms with van der Waals surface area (Å²) in [5.74, 6) is 0.549. The lowest BCUT2D eigenvalue weighted by Gasteiger charge is -2.44. The fourth-order valence-corrected chi connectivity index (χ4v) is 3.85. The maximum Gasteiger partial charge on any atom is 0.129 e. The first kappa shape index (κ1) is 15.0. The number of aromatic nitrogens is 2. The Morgan fingerprint density at radius 2 is 2.24 bits per heavy atom. The number of nitrogens with zero attached hydrogens (tertiary/aromatic N) is 3. The molecule has 0 aliphatic carbocycles. The summed E-state index contributed by atoms with van der Waals surface area (Å²) < 4.78 is 8.84. The minimum atomic E-state index is 0.428. The zero-order valence-corrected chi connectivity index (χ0v) is 14.2. The van der Waals surface area contributed by atoms with Crippen LogP contribution in [0, 0.1) is 5.92 Å². The Bertz CT molecular complexity index is 627. The first-order chi connectivity index (χ1) is 10.1. The Hall–Kier alpha value is -0.910. The van der Waals surface area contributed by atoms with Gasteiger partial charge in [-0.25, -0.2) is 0 Å². The largest absolute Gasteiger partial charge is 0.362 e. The molecule has 0 saturated carbocycles. The number of benzene rings is 1. The SMILES string of the molecule is CCC1CN(c2c(Cl)ccc3nsnc23)C(C(C)C)CN1. The van der Waals surface area contributed by atoms with E-state index in [2.05, 4.69) is 39.7 Å². The topological polar surface area (TPSA) is 41.1 Å². The molecule has 1 aliphatic heterocycles. The molecule has 1 aliphatic rings. The second-order valence-electron chi connectivity index (χ2n) is 6.01. The number of halogens is 1. The van der Waals surface area contributed by atoms with E-state index >= 15 is 0 Å². The first-order valence-corrected chi connectivity index (χ1v) is 8.63. The van der Waals surface area contributed by atoms with E-state index in [1.165, 1.54) is 11.7 Å². The maximum absolute atomic E-state index is 6.53. The highest BCUT2D eigenvalue weighted by Crippen LogP contribution is 2.36. The molecule has 114 valence electrons. The minimum Gasteiger partial charge on any atom is -0.362 e. The third-order valence-corrected chi connectivity index (χ3v) is 5.18. The van der Waals surface area contributed by atoms with Crippen LogP contribution in [0.3, 0.4) is 0 Å². The van der Waals surface area contributed by atoms with Gasteiger partial charge in [-0.2, -0.15) is 8.75 Å². The van der Waals surface area contributed by atoms with Gasteiger partial charge in [0.15, 0.2) is 0 Å². The highest BCUT2D eigenvalue weighted by atomic mass is 35.5. The Morgan fingerprint density at radius 1 is 1.43 bits per heavy atom. The van der Waals surface area contributed by atoms with Gasteiger partial charge < -0.3 is 10.2 Å². The van der Waals surface area contributed by atoms with E-state index in [0.717, 1.165) is 41.3 Å². The van der Waals surface area contributed by atoms with E-state index < -0.39 is 0 Å². The molecule has 0 radical (unpaired) electrons. The monoisotopic (exact) mass is 324 g/mol. The molecule has 2 atom stereocenters. The average Bonchev–Trinajstić information content (AvgIpc) is 2.94. The van der Waals surface area contributed by atoms with Crippen LogP contribution in [0.1, 0.15) is 27.2 Å². The molecule has 2 aromatic rings. The van der Waals surface area contributed by atoms with Crippen molar-refractivity contribution < 1.29 is 0 Å². The van der Waals surface area contributed by atoms with Crippen molar-refractivity contribution in [1.29, 1.82) is 0 Å². The number of hydrogen-bond donors (Lipinski definition) is 1. The van der Waals surface area contributed by atoms with Crippen LogP contribution in [0.25, 0.3) is 11.0 Å². The molecule has 21 heavy (non-hydrogen) atoms. The van der Waals surface area contributed by atoms with Crippen LogP contribution in [0.5, 0.6) is 0 Å². The van der Waals surface area contributed by atoms with Gasteiger partial charge in [0.05, 0.1) is 22.4 Å². The lowest BCUT2D eigenvalue weighted by molar-refractivity contribution is 0.334. The van der Waals surface area contributed by atoms with Gasteiger partial charge in [-0.3, -0.25) is 0 Å². The molecular formula is C15H21ClN4S. The van der Waals surface area contributed by atoms with Crippen LogP contribution in [0.4, 0.5) is 5.69 Å². The molecule has 1 aromatic carbocycles. The van der Waals surface area contributed by atoms with Crippen LogP contribution < -0.4 is 10.2 Å². The third-order valence-electron chi connectivity index (χ3n) is 4.33. The predicted molar refractivity (Wildman–Crippen MR) is 90.5 cm³/mol. The van der Waals surface area contributed by atoms with Gasteiger partial charge >= 0.3 is 0 Å². The lowest BCUT2D eigenvalue weighted by Crippen LogP contribution is -2.58. The van der Waals surface area contributed by atoms with E-state index in [1.54, 1.807) is 0 Å². The van der Waals surface area contributed by atoms with Gasteiger partial charge in [0.1, 0.15) is 11.0 Å². The molecule has 0 spiro atoms. The van der Waals surface area contributed by atoms with E-state index in [-0.39, 0.29) is 0 Å². The van der Waals surface area contributed by atoms with Crippen LogP contribution in [0.15, 0.2) is 12.1 Å². The van der Waals surface area contributed by atoms with Gasteiger partial charge in [0.2, 0.25) is 0 Å². The number of rotatable bonds is 3. The lowest BCUT2D eigenvalue weighted by atomic mass is 9.96. The molecule has 1 saturated heterocycles. The highest BCUT2D eigenvalue weighted by molar-refractivity contribution is 7.00. The number of anilines is 1. The number of fused-ring (bicyclic) bond motifs is 1. The minimum absolute atomic E-state index is 0.428. The van der Waals surface area contributed by atoms with E-state index in [9.17, 15) is 0 Å². The molecule has 4 nitrogen and oxygen atoms in total. The van der Waals surface area contributed by atoms with Crippen LogP contribution in [0.2, 0.25) is 5.02 Å². The average molecular weight is 325 g/mol. The molecule has 2 heterocycles. The second-order valence-corrected chi connectivity index (χ2v) is 6.94. The standard InChI is InChI=1S/C15H21ClN4S/c1-4-10-8-20(13(7-17-10)9(2)3)15-11(16)5-6-12-14(15)19-21-18-12/h5-6,9-10,13,17H,4,7-8H2,1-3H3. The van der Waals surface area contributed by atoms with Gasteiger partial charge in [-0.15, -0.1) is 0 Å². The summed E-state index contributed by atoms with van der Waals surface area (Å²) in [4.78, 5) is 2.45. The Labute approximate surface area is 134 Å². The molecule has 1 fully saturated rings. The van der Waals surface area contributed by atoms with E-state index in [4.69, 9.17) is 11.6 Å². The number of piperazine rings is 1. The summed E-state index contributed by atoms with van der Waals surface area (Å²) in [5.41, 5.74) is 2.94. The quantitative estimate of drug-likeness (QED) is 0.937. The van der Waals surface area contributed by atoms with Crippen molar-refractivity contribution in [2.75, 3.05) is 18.0 Å². The van der Waals surface area contributed by atoms with Crippen LogP contribution in [-0.2, 0) is 0 Å².